The van der Waals surface area contributed by atoms with Gasteiger partial charge in [-0.15, -0.1) is 10.2 Å². The van der Waals surface area contributed by atoms with E-state index in [0.29, 0.717) is 27.8 Å². The van der Waals surface area contributed by atoms with Crippen LogP contribution in [-0.4, -0.2) is 30.6 Å². The van der Waals surface area contributed by atoms with E-state index in [1.165, 1.54) is 18.2 Å². The zero-order valence-corrected chi connectivity index (χ0v) is 18.9. The summed E-state index contributed by atoms with van der Waals surface area (Å²) in [7, 11) is -3.98. The van der Waals surface area contributed by atoms with Crippen molar-refractivity contribution in [1.29, 1.82) is 0 Å². The van der Waals surface area contributed by atoms with Gasteiger partial charge in [-0.1, -0.05) is 34.5 Å². The van der Waals surface area contributed by atoms with Crippen molar-refractivity contribution in [1.82, 2.24) is 10.2 Å². The fourth-order valence-corrected chi connectivity index (χ4v) is 4.73. The fourth-order valence-electron chi connectivity index (χ4n) is 2.28. The number of nitrogens with zero attached hydrogens (tertiary/aromatic N) is 2. The highest BCUT2D eigenvalue weighted by atomic mass is 35.5. The van der Waals surface area contributed by atoms with E-state index in [9.17, 15) is 13.2 Å². The summed E-state index contributed by atoms with van der Waals surface area (Å²) < 4.78 is 32.7. The van der Waals surface area contributed by atoms with Crippen molar-refractivity contribution in [3.05, 3.63) is 58.1 Å². The van der Waals surface area contributed by atoms with Gasteiger partial charge < -0.3 is 4.74 Å². The Morgan fingerprint density at radius 1 is 1.10 bits per heavy atom. The Hall–Kier alpha value is -2.40. The van der Waals surface area contributed by atoms with Gasteiger partial charge in [-0.3, -0.25) is 14.8 Å². The smallest absolute Gasteiger partial charge is 0.291 e. The second kappa shape index (κ2) is 9.17. The Morgan fingerprint density at radius 2 is 1.80 bits per heavy atom. The van der Waals surface area contributed by atoms with Gasteiger partial charge in [0.25, 0.3) is 20.3 Å². The Labute approximate surface area is 187 Å². The molecule has 0 aliphatic rings. The number of nitrogens with one attached hydrogen (secondary N) is 2. The highest BCUT2D eigenvalue weighted by Gasteiger charge is 2.22. The Kier molecular flexibility index (Phi) is 6.81. The Balaban J connectivity index is 1.70. The third-order valence-electron chi connectivity index (χ3n) is 3.51. The fraction of sp³-hybridized carbons (Fsp3) is 0.167. The molecule has 1 aromatic heterocycles. The summed E-state index contributed by atoms with van der Waals surface area (Å²) in [4.78, 5) is 12.3. The van der Waals surface area contributed by atoms with Crippen LogP contribution >= 0.6 is 34.5 Å². The van der Waals surface area contributed by atoms with E-state index >= 15 is 0 Å². The number of anilines is 2. The van der Waals surface area contributed by atoms with Crippen LogP contribution in [-0.2, 0) is 10.0 Å². The Bertz CT molecular complexity index is 1170. The first-order chi connectivity index (χ1) is 14.1. The SMILES string of the molecule is CC(C)Oc1ccc(NS(=O)(=O)c2nnc(NC(=O)c3ccc(Cl)cc3Cl)s2)cc1. The van der Waals surface area contributed by atoms with E-state index in [4.69, 9.17) is 27.9 Å². The van der Waals surface area contributed by atoms with Crippen LogP contribution in [0.15, 0.2) is 46.8 Å². The number of amides is 1. The third kappa shape index (κ3) is 5.60. The number of benzene rings is 2. The van der Waals surface area contributed by atoms with Crippen molar-refractivity contribution in [2.75, 3.05) is 10.0 Å². The molecule has 0 saturated carbocycles. The molecule has 0 aliphatic heterocycles. The van der Waals surface area contributed by atoms with E-state index in [-0.39, 0.29) is 26.2 Å². The molecule has 0 aliphatic carbocycles. The maximum atomic E-state index is 12.5. The average molecular weight is 487 g/mol. The van der Waals surface area contributed by atoms with E-state index in [0.717, 1.165) is 0 Å². The minimum absolute atomic E-state index is 0.00493. The topological polar surface area (TPSA) is 110 Å². The summed E-state index contributed by atoms with van der Waals surface area (Å²) in [6.07, 6.45) is 0.00493. The maximum absolute atomic E-state index is 12.5. The maximum Gasteiger partial charge on any atom is 0.291 e. The molecule has 0 radical (unpaired) electrons. The van der Waals surface area contributed by atoms with E-state index in [2.05, 4.69) is 20.2 Å². The van der Waals surface area contributed by atoms with Gasteiger partial charge in [-0.25, -0.2) is 0 Å². The number of hydrogen-bond donors (Lipinski definition) is 2. The molecule has 12 heteroatoms. The molecule has 1 amide bonds. The molecule has 0 unspecified atom stereocenters. The largest absolute Gasteiger partial charge is 0.491 e. The lowest BCUT2D eigenvalue weighted by Crippen LogP contribution is -2.13. The molecule has 30 heavy (non-hydrogen) atoms. The average Bonchev–Trinajstić information content (AvgIpc) is 3.12. The number of hydrogen-bond acceptors (Lipinski definition) is 7. The zero-order chi connectivity index (χ0) is 21.9. The summed E-state index contributed by atoms with van der Waals surface area (Å²) >= 11 is 12.5. The molecule has 8 nitrogen and oxygen atoms in total. The first kappa shape index (κ1) is 22.3. The molecule has 0 spiro atoms. The van der Waals surface area contributed by atoms with Gasteiger partial charge >= 0.3 is 0 Å². The molecule has 2 aromatic carbocycles. The van der Waals surface area contributed by atoms with Gasteiger partial charge in [0, 0.05) is 10.7 Å². The van der Waals surface area contributed by atoms with E-state index < -0.39 is 15.9 Å². The van der Waals surface area contributed by atoms with Crippen molar-refractivity contribution in [2.45, 2.75) is 24.3 Å². The second-order valence-electron chi connectivity index (χ2n) is 6.25. The van der Waals surface area contributed by atoms with Crippen LogP contribution in [0.1, 0.15) is 24.2 Å². The number of ether oxygens (including phenoxy) is 1. The summed E-state index contributed by atoms with van der Waals surface area (Å²) in [5.41, 5.74) is 0.502. The van der Waals surface area contributed by atoms with Crippen LogP contribution in [0.5, 0.6) is 5.75 Å². The van der Waals surface area contributed by atoms with Crippen LogP contribution < -0.4 is 14.8 Å². The number of halogens is 2. The molecule has 1 heterocycles. The predicted octanol–water partition coefficient (Wildman–Crippen LogP) is 4.69. The molecule has 0 fully saturated rings. The van der Waals surface area contributed by atoms with Crippen LogP contribution in [0.3, 0.4) is 0 Å². The molecule has 0 saturated heterocycles. The molecular weight excluding hydrogens is 471 g/mol. The van der Waals surface area contributed by atoms with Gasteiger partial charge in [0.15, 0.2) is 0 Å². The summed E-state index contributed by atoms with van der Waals surface area (Å²) in [6.45, 7) is 3.78. The molecule has 0 atom stereocenters. The van der Waals surface area contributed by atoms with Crippen molar-refractivity contribution in [2.24, 2.45) is 0 Å². The van der Waals surface area contributed by atoms with Crippen molar-refractivity contribution >= 4 is 61.3 Å². The number of carbonyl (C=O) groups is 1. The lowest BCUT2D eigenvalue weighted by Gasteiger charge is -2.10. The van der Waals surface area contributed by atoms with Crippen LogP contribution in [0.4, 0.5) is 10.8 Å². The molecular formula is C18H16Cl2N4O4S2. The van der Waals surface area contributed by atoms with Gasteiger partial charge in [0.2, 0.25) is 5.13 Å². The van der Waals surface area contributed by atoms with Crippen molar-refractivity contribution in [3.8, 4) is 5.75 Å². The predicted molar refractivity (Wildman–Crippen MR) is 117 cm³/mol. The summed E-state index contributed by atoms with van der Waals surface area (Å²) in [5, 5.41) is 10.4. The molecule has 3 aromatic rings. The highest BCUT2D eigenvalue weighted by Crippen LogP contribution is 2.26. The lowest BCUT2D eigenvalue weighted by molar-refractivity contribution is 0.102. The first-order valence-electron chi connectivity index (χ1n) is 8.53. The van der Waals surface area contributed by atoms with Gasteiger partial charge in [0.05, 0.1) is 16.7 Å². The van der Waals surface area contributed by atoms with Crippen LogP contribution in [0, 0.1) is 0 Å². The minimum Gasteiger partial charge on any atom is -0.491 e. The van der Waals surface area contributed by atoms with Crippen LogP contribution in [0.25, 0.3) is 0 Å². The van der Waals surface area contributed by atoms with Crippen molar-refractivity contribution < 1.29 is 17.9 Å². The zero-order valence-electron chi connectivity index (χ0n) is 15.7. The highest BCUT2D eigenvalue weighted by molar-refractivity contribution is 7.94. The normalized spacial score (nSPS) is 11.4. The molecule has 2 N–H and O–H groups in total. The van der Waals surface area contributed by atoms with Gasteiger partial charge in [-0.2, -0.15) is 8.42 Å². The Morgan fingerprint density at radius 3 is 2.43 bits per heavy atom. The third-order valence-corrected chi connectivity index (χ3v) is 6.65. The molecule has 158 valence electrons. The monoisotopic (exact) mass is 486 g/mol. The van der Waals surface area contributed by atoms with E-state index in [1.807, 2.05) is 13.8 Å². The lowest BCUT2D eigenvalue weighted by atomic mass is 10.2. The second-order valence-corrected chi connectivity index (χ2v) is 9.93. The number of rotatable bonds is 7. The van der Waals surface area contributed by atoms with Crippen LogP contribution in [0.2, 0.25) is 10.0 Å². The molecule has 3 rings (SSSR count). The van der Waals surface area contributed by atoms with Gasteiger partial charge in [-0.05, 0) is 56.3 Å². The summed E-state index contributed by atoms with van der Waals surface area (Å²) in [6, 6.07) is 10.8. The molecule has 0 bridgehead atoms. The van der Waals surface area contributed by atoms with Gasteiger partial charge in [0.1, 0.15) is 5.75 Å². The minimum atomic E-state index is -3.98. The van der Waals surface area contributed by atoms with E-state index in [1.54, 1.807) is 24.3 Å². The summed E-state index contributed by atoms with van der Waals surface area (Å²) in [5.74, 6) is 0.0557. The first-order valence-corrected chi connectivity index (χ1v) is 11.6. The number of sulfonamides is 1. The quantitative estimate of drug-likeness (QED) is 0.468. The number of carbonyl (C=O) groups excluding carboxylic acids is 1. The standard InChI is InChI=1S/C18H16Cl2N4O4S2/c1-10(2)28-13-6-4-12(5-7-13)24-30(26,27)18-23-22-17(29-18)21-16(25)14-8-3-11(19)9-15(14)20/h3-10,24H,1-2H3,(H,21,22,25). The number of aromatic nitrogens is 2. The van der Waals surface area contributed by atoms with Crippen molar-refractivity contribution in [3.63, 3.8) is 0 Å².